The van der Waals surface area contributed by atoms with Crippen molar-refractivity contribution in [1.82, 2.24) is 0 Å². The number of nitrogens with one attached hydrogen (secondary N) is 2. The highest BCUT2D eigenvalue weighted by Crippen LogP contribution is 2.19. The molecule has 160 valence electrons. The Morgan fingerprint density at radius 3 is 2.32 bits per heavy atom. The van der Waals surface area contributed by atoms with Crippen LogP contribution in [0.4, 0.5) is 11.4 Å². The van der Waals surface area contributed by atoms with Crippen molar-refractivity contribution in [2.75, 3.05) is 17.2 Å². The number of quaternary nitrogens is 1. The van der Waals surface area contributed by atoms with Gasteiger partial charge in [0.15, 0.2) is 12.6 Å². The van der Waals surface area contributed by atoms with Crippen LogP contribution in [0.15, 0.2) is 72.8 Å². The third kappa shape index (κ3) is 6.03. The van der Waals surface area contributed by atoms with Gasteiger partial charge in [0.2, 0.25) is 0 Å². The largest absolute Gasteiger partial charge is 0.324 e. The summed E-state index contributed by atoms with van der Waals surface area (Å²) in [7, 11) is 0. The van der Waals surface area contributed by atoms with Gasteiger partial charge in [-0.3, -0.25) is 9.59 Å². The molecule has 3 aromatic carbocycles. The number of para-hydroxylation sites is 1. The highest BCUT2D eigenvalue weighted by Gasteiger charge is 2.25. The first-order valence-electron chi connectivity index (χ1n) is 10.6. The summed E-state index contributed by atoms with van der Waals surface area (Å²) in [5.41, 5.74) is 5.63. The molecule has 5 nitrogen and oxygen atoms in total. The molecule has 0 heterocycles. The summed E-state index contributed by atoms with van der Waals surface area (Å²) in [6.07, 6.45) is 0.838. The number of anilines is 2. The van der Waals surface area contributed by atoms with Crippen LogP contribution in [0.25, 0.3) is 0 Å². The van der Waals surface area contributed by atoms with E-state index in [0.717, 1.165) is 40.0 Å². The monoisotopic (exact) mass is 416 g/mol. The molecule has 0 aliphatic carbocycles. The fourth-order valence-corrected chi connectivity index (χ4v) is 3.51. The summed E-state index contributed by atoms with van der Waals surface area (Å²) >= 11 is 0. The second-order valence-electron chi connectivity index (χ2n) is 7.69. The fraction of sp³-hybridized carbons (Fsp3) is 0.231. The lowest BCUT2D eigenvalue weighted by molar-refractivity contribution is -0.671. The van der Waals surface area contributed by atoms with Gasteiger partial charge in [-0.1, -0.05) is 67.6 Å². The zero-order valence-corrected chi connectivity index (χ0v) is 18.3. The van der Waals surface area contributed by atoms with Crippen molar-refractivity contribution >= 4 is 23.2 Å². The summed E-state index contributed by atoms with van der Waals surface area (Å²) in [5, 5.41) is 7.79. The molecule has 1 atom stereocenters. The SMILES string of the molecule is CCc1ccccc1NC(=O)C[NH2+][C@H](C(=O)Nc1cc(C)ccc1C)c1ccccc1. The quantitative estimate of drug-likeness (QED) is 0.523. The number of benzene rings is 3. The van der Waals surface area contributed by atoms with E-state index in [1.54, 1.807) is 5.32 Å². The Morgan fingerprint density at radius 2 is 1.58 bits per heavy atom. The molecule has 0 radical (unpaired) electrons. The number of nitrogens with two attached hydrogens (primary N) is 1. The van der Waals surface area contributed by atoms with E-state index < -0.39 is 6.04 Å². The number of amides is 2. The van der Waals surface area contributed by atoms with Crippen molar-refractivity contribution in [1.29, 1.82) is 0 Å². The van der Waals surface area contributed by atoms with Gasteiger partial charge < -0.3 is 16.0 Å². The second kappa shape index (κ2) is 10.5. The summed E-state index contributed by atoms with van der Waals surface area (Å²) in [6.45, 7) is 6.15. The zero-order valence-electron chi connectivity index (χ0n) is 18.3. The van der Waals surface area contributed by atoms with Crippen molar-refractivity contribution in [2.24, 2.45) is 0 Å². The average molecular weight is 417 g/mol. The summed E-state index contributed by atoms with van der Waals surface area (Å²) < 4.78 is 0. The molecule has 0 fully saturated rings. The maximum Gasteiger partial charge on any atom is 0.287 e. The van der Waals surface area contributed by atoms with Crippen molar-refractivity contribution < 1.29 is 14.9 Å². The molecule has 0 saturated carbocycles. The van der Waals surface area contributed by atoms with Gasteiger partial charge in [0.05, 0.1) is 0 Å². The van der Waals surface area contributed by atoms with Gasteiger partial charge in [-0.25, -0.2) is 0 Å². The van der Waals surface area contributed by atoms with E-state index in [0.29, 0.717) is 0 Å². The Labute approximate surface area is 183 Å². The highest BCUT2D eigenvalue weighted by atomic mass is 16.2. The number of carbonyl (C=O) groups excluding carboxylic acids is 2. The van der Waals surface area contributed by atoms with Crippen LogP contribution in [0.3, 0.4) is 0 Å². The summed E-state index contributed by atoms with van der Waals surface area (Å²) in [5.74, 6) is -0.289. The molecule has 3 rings (SSSR count). The van der Waals surface area contributed by atoms with Crippen molar-refractivity contribution in [2.45, 2.75) is 33.2 Å². The van der Waals surface area contributed by atoms with E-state index in [2.05, 4.69) is 17.6 Å². The minimum atomic E-state index is -0.534. The molecule has 31 heavy (non-hydrogen) atoms. The molecule has 5 heteroatoms. The lowest BCUT2D eigenvalue weighted by atomic mass is 10.1. The van der Waals surface area contributed by atoms with Crippen LogP contribution < -0.4 is 16.0 Å². The van der Waals surface area contributed by atoms with Crippen LogP contribution in [0.2, 0.25) is 0 Å². The second-order valence-corrected chi connectivity index (χ2v) is 7.69. The first kappa shape index (κ1) is 22.2. The van der Waals surface area contributed by atoms with Crippen LogP contribution >= 0.6 is 0 Å². The Balaban J connectivity index is 1.73. The van der Waals surface area contributed by atoms with Crippen LogP contribution in [0.1, 0.15) is 35.2 Å². The number of carbonyl (C=O) groups is 2. The molecule has 3 aromatic rings. The normalized spacial score (nSPS) is 11.6. The summed E-state index contributed by atoms with van der Waals surface area (Å²) in [6, 6.07) is 22.7. The molecule has 0 unspecified atom stereocenters. The van der Waals surface area contributed by atoms with Crippen molar-refractivity contribution in [3.8, 4) is 0 Å². The van der Waals surface area contributed by atoms with Crippen LogP contribution in [0, 0.1) is 13.8 Å². The van der Waals surface area contributed by atoms with Crippen molar-refractivity contribution in [3.63, 3.8) is 0 Å². The Kier molecular flexibility index (Phi) is 7.57. The van der Waals surface area contributed by atoms with E-state index in [4.69, 9.17) is 0 Å². The standard InChI is InChI=1S/C26H29N3O2/c1-4-20-10-8-9-13-22(20)28-24(30)17-27-25(21-11-6-5-7-12-21)26(31)29-23-16-18(2)14-15-19(23)3/h5-16,25,27H,4,17H2,1-3H3,(H,28,30)(H,29,31)/p+1/t25-/m0/s1. The molecule has 0 bridgehead atoms. The van der Waals surface area contributed by atoms with Crippen molar-refractivity contribution in [3.05, 3.63) is 95.1 Å². The lowest BCUT2D eigenvalue weighted by Crippen LogP contribution is -2.89. The van der Waals surface area contributed by atoms with Gasteiger partial charge in [-0.05, 0) is 49.1 Å². The van der Waals surface area contributed by atoms with Gasteiger partial charge >= 0.3 is 0 Å². The number of hydrogen-bond donors (Lipinski definition) is 3. The Morgan fingerprint density at radius 1 is 0.871 bits per heavy atom. The van der Waals surface area contributed by atoms with E-state index >= 15 is 0 Å². The third-order valence-corrected chi connectivity index (χ3v) is 5.30. The minimum Gasteiger partial charge on any atom is -0.324 e. The van der Waals surface area contributed by atoms with E-state index in [1.165, 1.54) is 0 Å². The molecule has 0 spiro atoms. The first-order chi connectivity index (χ1) is 15.0. The van der Waals surface area contributed by atoms with Crippen LogP contribution in [-0.4, -0.2) is 18.4 Å². The lowest BCUT2D eigenvalue weighted by Gasteiger charge is -2.17. The summed E-state index contributed by atoms with van der Waals surface area (Å²) in [4.78, 5) is 25.8. The van der Waals surface area contributed by atoms with E-state index in [9.17, 15) is 9.59 Å². The van der Waals surface area contributed by atoms with Crippen LogP contribution in [0.5, 0.6) is 0 Å². The Bertz CT molecular complexity index is 1050. The zero-order chi connectivity index (χ0) is 22.2. The molecule has 2 amide bonds. The molecule has 0 aliphatic heterocycles. The Hall–Kier alpha value is -3.44. The van der Waals surface area contributed by atoms with E-state index in [1.807, 2.05) is 86.6 Å². The molecule has 0 aliphatic rings. The molecule has 0 aromatic heterocycles. The maximum atomic E-state index is 13.2. The first-order valence-corrected chi connectivity index (χ1v) is 10.6. The smallest absolute Gasteiger partial charge is 0.287 e. The molecular formula is C26H30N3O2+. The molecule has 4 N–H and O–H groups in total. The number of hydrogen-bond acceptors (Lipinski definition) is 2. The predicted molar refractivity (Wildman–Crippen MR) is 125 cm³/mol. The fourth-order valence-electron chi connectivity index (χ4n) is 3.51. The highest BCUT2D eigenvalue weighted by molar-refractivity contribution is 5.96. The predicted octanol–water partition coefficient (Wildman–Crippen LogP) is 3.75. The van der Waals surface area contributed by atoms with E-state index in [-0.39, 0.29) is 18.4 Å². The van der Waals surface area contributed by atoms with Crippen LogP contribution in [-0.2, 0) is 16.0 Å². The number of aryl methyl sites for hydroxylation is 3. The number of rotatable bonds is 8. The van der Waals surface area contributed by atoms with Gasteiger partial charge in [-0.15, -0.1) is 0 Å². The molecule has 0 saturated heterocycles. The average Bonchev–Trinajstić information content (AvgIpc) is 2.77. The molecular weight excluding hydrogens is 386 g/mol. The minimum absolute atomic E-state index is 0.137. The van der Waals surface area contributed by atoms with Gasteiger partial charge in [0, 0.05) is 16.9 Å². The maximum absolute atomic E-state index is 13.2. The van der Waals surface area contributed by atoms with Gasteiger partial charge in [0.25, 0.3) is 11.8 Å². The van der Waals surface area contributed by atoms with Gasteiger partial charge in [-0.2, -0.15) is 0 Å². The third-order valence-electron chi connectivity index (χ3n) is 5.30. The topological polar surface area (TPSA) is 74.8 Å². The van der Waals surface area contributed by atoms with Gasteiger partial charge in [0.1, 0.15) is 0 Å².